The largest absolute Gasteiger partial charge is 0.492 e. The molecule has 0 atom stereocenters. The molecule has 1 rings (SSSR count). The van der Waals surface area contributed by atoms with Crippen LogP contribution in [0.3, 0.4) is 0 Å². The molecule has 0 bridgehead atoms. The summed E-state index contributed by atoms with van der Waals surface area (Å²) in [5.41, 5.74) is 1.12. The predicted octanol–water partition coefficient (Wildman–Crippen LogP) is 4.22. The van der Waals surface area contributed by atoms with Gasteiger partial charge in [-0.15, -0.1) is 24.0 Å². The Hall–Kier alpha value is -0.670. The van der Waals surface area contributed by atoms with E-state index in [4.69, 9.17) is 9.73 Å². The van der Waals surface area contributed by atoms with E-state index in [1.165, 1.54) is 12.2 Å². The first kappa shape index (κ1) is 27.3. The van der Waals surface area contributed by atoms with Crippen molar-refractivity contribution < 1.29 is 4.74 Å². The minimum absolute atomic E-state index is 0. The molecule has 0 radical (unpaired) electrons. The first-order chi connectivity index (χ1) is 13.2. The molecule has 28 heavy (non-hydrogen) atoms. The Bertz CT molecular complexity index is 527. The van der Waals surface area contributed by atoms with Crippen LogP contribution in [-0.2, 0) is 6.54 Å². The SMILES string of the molecule is CCNC(=NCc1ccccc1OCCN(CC)CC)NCCCCSC.I. The molecule has 0 saturated heterocycles. The Kier molecular flexibility index (Phi) is 17.9. The number of aliphatic imine (C=N–C) groups is 1. The van der Waals surface area contributed by atoms with E-state index in [0.717, 1.165) is 56.4 Å². The summed E-state index contributed by atoms with van der Waals surface area (Å²) in [6.45, 7) is 12.6. The Labute approximate surface area is 193 Å². The van der Waals surface area contributed by atoms with Gasteiger partial charge in [0.25, 0.3) is 0 Å². The molecule has 2 N–H and O–H groups in total. The maximum Gasteiger partial charge on any atom is 0.191 e. The summed E-state index contributed by atoms with van der Waals surface area (Å²) in [7, 11) is 0. The zero-order valence-electron chi connectivity index (χ0n) is 18.0. The zero-order chi connectivity index (χ0) is 19.7. The van der Waals surface area contributed by atoms with Crippen molar-refractivity contribution in [1.82, 2.24) is 15.5 Å². The fourth-order valence-corrected chi connectivity index (χ4v) is 3.18. The molecule has 0 aromatic heterocycles. The molecule has 1 aromatic rings. The molecule has 0 aliphatic heterocycles. The van der Waals surface area contributed by atoms with Crippen LogP contribution in [0.1, 0.15) is 39.2 Å². The molecular formula is C21H39IN4OS. The fourth-order valence-electron chi connectivity index (χ4n) is 2.68. The quantitative estimate of drug-likeness (QED) is 0.166. The molecule has 162 valence electrons. The highest BCUT2D eigenvalue weighted by atomic mass is 127. The highest BCUT2D eigenvalue weighted by Gasteiger charge is 2.05. The molecule has 0 fully saturated rings. The van der Waals surface area contributed by atoms with E-state index >= 15 is 0 Å². The monoisotopic (exact) mass is 522 g/mol. The van der Waals surface area contributed by atoms with Gasteiger partial charge in [0.1, 0.15) is 12.4 Å². The molecule has 1 aromatic carbocycles. The first-order valence-corrected chi connectivity index (χ1v) is 11.6. The summed E-state index contributed by atoms with van der Waals surface area (Å²) in [6, 6.07) is 8.20. The number of rotatable bonds is 14. The lowest BCUT2D eigenvalue weighted by molar-refractivity contribution is 0.221. The number of nitrogens with one attached hydrogen (secondary N) is 2. The topological polar surface area (TPSA) is 48.9 Å². The lowest BCUT2D eigenvalue weighted by atomic mass is 10.2. The number of ether oxygens (including phenoxy) is 1. The van der Waals surface area contributed by atoms with Crippen molar-refractivity contribution in [1.29, 1.82) is 0 Å². The van der Waals surface area contributed by atoms with Crippen molar-refractivity contribution in [3.05, 3.63) is 29.8 Å². The van der Waals surface area contributed by atoms with Crippen LogP contribution in [-0.4, -0.2) is 62.2 Å². The molecular weight excluding hydrogens is 483 g/mol. The molecule has 0 aliphatic carbocycles. The Balaban J connectivity index is 0.00000729. The number of hydrogen-bond donors (Lipinski definition) is 2. The van der Waals surface area contributed by atoms with Gasteiger partial charge >= 0.3 is 0 Å². The van der Waals surface area contributed by atoms with E-state index in [2.05, 4.69) is 48.6 Å². The molecule has 0 amide bonds. The molecule has 0 spiro atoms. The van der Waals surface area contributed by atoms with E-state index in [-0.39, 0.29) is 24.0 Å². The molecule has 7 heteroatoms. The average molecular weight is 523 g/mol. The summed E-state index contributed by atoms with van der Waals surface area (Å²) < 4.78 is 6.03. The van der Waals surface area contributed by atoms with Crippen molar-refractivity contribution in [3.63, 3.8) is 0 Å². The minimum atomic E-state index is 0. The fraction of sp³-hybridized carbons (Fsp3) is 0.667. The summed E-state index contributed by atoms with van der Waals surface area (Å²) >= 11 is 1.90. The lowest BCUT2D eigenvalue weighted by Gasteiger charge is -2.19. The van der Waals surface area contributed by atoms with Gasteiger partial charge in [-0.25, -0.2) is 4.99 Å². The van der Waals surface area contributed by atoms with Gasteiger partial charge in [0.15, 0.2) is 5.96 Å². The van der Waals surface area contributed by atoms with Crippen molar-refractivity contribution in [2.75, 3.05) is 51.3 Å². The van der Waals surface area contributed by atoms with E-state index in [1.54, 1.807) is 0 Å². The second-order valence-electron chi connectivity index (χ2n) is 6.30. The molecule has 0 saturated carbocycles. The number of thioether (sulfide) groups is 1. The van der Waals surface area contributed by atoms with Crippen molar-refractivity contribution in [3.8, 4) is 5.75 Å². The van der Waals surface area contributed by atoms with Crippen molar-refractivity contribution >= 4 is 41.7 Å². The number of hydrogen-bond acceptors (Lipinski definition) is 4. The van der Waals surface area contributed by atoms with Crippen molar-refractivity contribution in [2.24, 2.45) is 4.99 Å². The van der Waals surface area contributed by atoms with Gasteiger partial charge in [0, 0.05) is 25.2 Å². The lowest BCUT2D eigenvalue weighted by Crippen LogP contribution is -2.37. The van der Waals surface area contributed by atoms with Gasteiger partial charge in [-0.05, 0) is 50.9 Å². The third-order valence-electron chi connectivity index (χ3n) is 4.35. The Morgan fingerprint density at radius 3 is 2.54 bits per heavy atom. The molecule has 0 unspecified atom stereocenters. The number of benzene rings is 1. The van der Waals surface area contributed by atoms with Gasteiger partial charge in [0.2, 0.25) is 0 Å². The van der Waals surface area contributed by atoms with Crippen LogP contribution in [0, 0.1) is 0 Å². The predicted molar refractivity (Wildman–Crippen MR) is 136 cm³/mol. The first-order valence-electron chi connectivity index (χ1n) is 10.2. The number of halogens is 1. The van der Waals surface area contributed by atoms with E-state index < -0.39 is 0 Å². The average Bonchev–Trinajstić information content (AvgIpc) is 2.70. The standard InChI is InChI=1S/C21H38N4OS.HI/c1-5-22-21(23-14-10-11-17-27-4)24-18-19-12-8-9-13-20(19)26-16-15-25(6-2)7-3;/h8-9,12-13H,5-7,10-11,14-18H2,1-4H3,(H2,22,23,24);1H. The summed E-state index contributed by atoms with van der Waals surface area (Å²) in [4.78, 5) is 7.10. The zero-order valence-corrected chi connectivity index (χ0v) is 21.1. The smallest absolute Gasteiger partial charge is 0.191 e. The van der Waals surface area contributed by atoms with Gasteiger partial charge in [-0.1, -0.05) is 32.0 Å². The Morgan fingerprint density at radius 2 is 1.86 bits per heavy atom. The van der Waals surface area contributed by atoms with Crippen LogP contribution in [0.15, 0.2) is 29.3 Å². The van der Waals surface area contributed by atoms with Crippen LogP contribution in [0.5, 0.6) is 5.75 Å². The number of guanidine groups is 1. The third-order valence-corrected chi connectivity index (χ3v) is 5.05. The third kappa shape index (κ3) is 12.0. The number of para-hydroxylation sites is 1. The summed E-state index contributed by atoms with van der Waals surface area (Å²) in [6.07, 6.45) is 4.55. The van der Waals surface area contributed by atoms with Gasteiger partial charge in [-0.2, -0.15) is 11.8 Å². The highest BCUT2D eigenvalue weighted by molar-refractivity contribution is 14.0. The van der Waals surface area contributed by atoms with E-state index in [9.17, 15) is 0 Å². The van der Waals surface area contributed by atoms with Crippen LogP contribution in [0.4, 0.5) is 0 Å². The second kappa shape index (κ2) is 18.4. The van der Waals surface area contributed by atoms with Crippen LogP contribution < -0.4 is 15.4 Å². The molecule has 0 heterocycles. The van der Waals surface area contributed by atoms with Gasteiger partial charge in [0.05, 0.1) is 6.54 Å². The van der Waals surface area contributed by atoms with E-state index in [1.807, 2.05) is 30.0 Å². The number of likely N-dealkylation sites (N-methyl/N-ethyl adjacent to an activating group) is 1. The summed E-state index contributed by atoms with van der Waals surface area (Å²) in [5.74, 6) is 3.02. The number of nitrogens with zero attached hydrogens (tertiary/aromatic N) is 2. The second-order valence-corrected chi connectivity index (χ2v) is 7.29. The van der Waals surface area contributed by atoms with Gasteiger partial charge in [-0.3, -0.25) is 0 Å². The van der Waals surface area contributed by atoms with Crippen LogP contribution >= 0.6 is 35.7 Å². The van der Waals surface area contributed by atoms with Gasteiger partial charge < -0.3 is 20.3 Å². The number of unbranched alkanes of at least 4 members (excludes halogenated alkanes) is 1. The Morgan fingerprint density at radius 1 is 1.11 bits per heavy atom. The van der Waals surface area contributed by atoms with Crippen LogP contribution in [0.2, 0.25) is 0 Å². The minimum Gasteiger partial charge on any atom is -0.492 e. The van der Waals surface area contributed by atoms with Crippen LogP contribution in [0.25, 0.3) is 0 Å². The maximum atomic E-state index is 6.03. The van der Waals surface area contributed by atoms with Crippen molar-refractivity contribution in [2.45, 2.75) is 40.2 Å². The maximum absolute atomic E-state index is 6.03. The van der Waals surface area contributed by atoms with E-state index in [0.29, 0.717) is 13.2 Å². The summed E-state index contributed by atoms with van der Waals surface area (Å²) in [5, 5.41) is 6.75. The normalized spacial score (nSPS) is 11.2. The highest BCUT2D eigenvalue weighted by Crippen LogP contribution is 2.18. The molecule has 5 nitrogen and oxygen atoms in total. The molecule has 0 aliphatic rings.